The van der Waals surface area contributed by atoms with Gasteiger partial charge in [0, 0.05) is 12.0 Å². The number of ether oxygens (including phenoxy) is 1. The van der Waals surface area contributed by atoms with Gasteiger partial charge in [-0.15, -0.1) is 0 Å². The third-order valence-corrected chi connectivity index (χ3v) is 4.22. The summed E-state index contributed by atoms with van der Waals surface area (Å²) in [5.74, 6) is -0.665. The van der Waals surface area contributed by atoms with E-state index in [2.05, 4.69) is 10.3 Å². The van der Waals surface area contributed by atoms with Crippen molar-refractivity contribution in [2.24, 2.45) is 16.5 Å². The average molecular weight is 402 g/mol. The molecule has 3 aromatic rings. The molecule has 3 rings (SSSR count). The Labute approximate surface area is 174 Å². The van der Waals surface area contributed by atoms with Gasteiger partial charge in [-0.05, 0) is 42.0 Å². The van der Waals surface area contributed by atoms with Crippen molar-refractivity contribution in [1.29, 1.82) is 0 Å². The highest BCUT2D eigenvalue weighted by Gasteiger charge is 2.24. The van der Waals surface area contributed by atoms with Gasteiger partial charge in [0.15, 0.2) is 5.96 Å². The van der Waals surface area contributed by atoms with E-state index < -0.39 is 12.0 Å². The van der Waals surface area contributed by atoms with Gasteiger partial charge in [-0.25, -0.2) is 9.79 Å². The van der Waals surface area contributed by atoms with Crippen molar-refractivity contribution in [3.63, 3.8) is 0 Å². The highest BCUT2D eigenvalue weighted by molar-refractivity contribution is 5.97. The number of amides is 1. The highest BCUT2D eigenvalue weighted by Crippen LogP contribution is 2.19. The number of rotatable bonds is 7. The molecule has 0 saturated carbocycles. The lowest BCUT2D eigenvalue weighted by molar-refractivity contribution is -0.136. The Morgan fingerprint density at radius 3 is 2.07 bits per heavy atom. The van der Waals surface area contributed by atoms with Gasteiger partial charge in [0.1, 0.15) is 11.8 Å². The number of hydrogen-bond acceptors (Lipinski definition) is 4. The van der Waals surface area contributed by atoms with Crippen LogP contribution in [-0.4, -0.2) is 23.9 Å². The fourth-order valence-corrected chi connectivity index (χ4v) is 2.80. The van der Waals surface area contributed by atoms with E-state index in [4.69, 9.17) is 16.2 Å². The smallest absolute Gasteiger partial charge is 0.334 e. The van der Waals surface area contributed by atoms with Crippen molar-refractivity contribution < 1.29 is 14.3 Å². The number of hydrogen-bond donors (Lipinski definition) is 3. The van der Waals surface area contributed by atoms with Gasteiger partial charge >= 0.3 is 5.97 Å². The molecule has 0 aliphatic carbocycles. The van der Waals surface area contributed by atoms with Crippen molar-refractivity contribution in [3.05, 3.63) is 96.1 Å². The number of nitrogens with one attached hydrogen (secondary N) is 1. The quantitative estimate of drug-likeness (QED) is 0.243. The van der Waals surface area contributed by atoms with E-state index in [-0.39, 0.29) is 11.9 Å². The molecule has 0 fully saturated rings. The Morgan fingerprint density at radius 1 is 0.867 bits per heavy atom. The molecule has 3 aromatic carbocycles. The summed E-state index contributed by atoms with van der Waals surface area (Å²) in [4.78, 5) is 29.4. The van der Waals surface area contributed by atoms with E-state index in [1.807, 2.05) is 36.4 Å². The molecule has 0 bridgehead atoms. The number of carbonyl (C=O) groups excluding carboxylic acids is 2. The van der Waals surface area contributed by atoms with Gasteiger partial charge in [0.25, 0.3) is 5.91 Å². The van der Waals surface area contributed by atoms with Crippen molar-refractivity contribution in [1.82, 2.24) is 5.32 Å². The van der Waals surface area contributed by atoms with Crippen LogP contribution in [0.2, 0.25) is 0 Å². The van der Waals surface area contributed by atoms with Crippen LogP contribution < -0.4 is 21.5 Å². The normalized spacial score (nSPS) is 11.2. The summed E-state index contributed by atoms with van der Waals surface area (Å²) in [5, 5.41) is 2.77. The number of carbonyl (C=O) groups is 2. The Hall–Kier alpha value is -4.13. The summed E-state index contributed by atoms with van der Waals surface area (Å²) in [5.41, 5.74) is 12.6. The fraction of sp³-hybridized carbons (Fsp3) is 0.0870. The first kappa shape index (κ1) is 20.6. The molecule has 0 radical (unpaired) electrons. The fourth-order valence-electron chi connectivity index (χ4n) is 2.80. The summed E-state index contributed by atoms with van der Waals surface area (Å²) in [6, 6.07) is 23.7. The second-order valence-corrected chi connectivity index (χ2v) is 6.53. The van der Waals surface area contributed by atoms with E-state index >= 15 is 0 Å². The van der Waals surface area contributed by atoms with Crippen LogP contribution in [0.1, 0.15) is 15.9 Å². The minimum atomic E-state index is -0.863. The van der Waals surface area contributed by atoms with E-state index in [1.54, 1.807) is 48.5 Å². The molecule has 30 heavy (non-hydrogen) atoms. The standard InChI is InChI=1S/C23H22N4O3/c24-23(25)26-18-11-13-19(14-12-18)30-22(29)20(15-16-7-3-1-4-8-16)27-21(28)17-9-5-2-6-10-17/h1-14,20H,15H2,(H,27,28)(H4,24,25,26)/t20-/m1/s1. The minimum Gasteiger partial charge on any atom is -0.425 e. The number of guanidine groups is 1. The first-order chi connectivity index (χ1) is 14.5. The maximum absolute atomic E-state index is 12.8. The number of nitrogens with two attached hydrogens (primary N) is 2. The van der Waals surface area contributed by atoms with Crippen LogP contribution in [0.4, 0.5) is 5.69 Å². The molecule has 1 atom stereocenters. The zero-order valence-corrected chi connectivity index (χ0v) is 16.2. The number of esters is 1. The summed E-state index contributed by atoms with van der Waals surface area (Å²) >= 11 is 0. The molecule has 5 N–H and O–H groups in total. The van der Waals surface area contributed by atoms with Crippen LogP contribution in [0.25, 0.3) is 0 Å². The van der Waals surface area contributed by atoms with E-state index in [1.165, 1.54) is 0 Å². The second kappa shape index (κ2) is 9.88. The van der Waals surface area contributed by atoms with Crippen molar-refractivity contribution in [2.75, 3.05) is 0 Å². The van der Waals surface area contributed by atoms with Crippen LogP contribution in [0.3, 0.4) is 0 Å². The molecule has 0 saturated heterocycles. The Morgan fingerprint density at radius 2 is 1.47 bits per heavy atom. The second-order valence-electron chi connectivity index (χ2n) is 6.53. The molecule has 0 spiro atoms. The molecule has 0 aromatic heterocycles. The maximum atomic E-state index is 12.8. The lowest BCUT2D eigenvalue weighted by Crippen LogP contribution is -2.44. The van der Waals surface area contributed by atoms with Crippen molar-refractivity contribution in [2.45, 2.75) is 12.5 Å². The minimum absolute atomic E-state index is 0.0636. The largest absolute Gasteiger partial charge is 0.425 e. The summed E-state index contributed by atoms with van der Waals surface area (Å²) < 4.78 is 5.48. The molecule has 0 aliphatic heterocycles. The first-order valence-electron chi connectivity index (χ1n) is 9.32. The molecule has 0 heterocycles. The van der Waals surface area contributed by atoms with Crippen molar-refractivity contribution >= 4 is 23.5 Å². The summed E-state index contributed by atoms with van der Waals surface area (Å²) in [7, 11) is 0. The topological polar surface area (TPSA) is 120 Å². The van der Waals surface area contributed by atoms with Gasteiger partial charge in [0.2, 0.25) is 0 Å². The number of benzene rings is 3. The van der Waals surface area contributed by atoms with Gasteiger partial charge in [-0.1, -0.05) is 48.5 Å². The molecule has 7 nitrogen and oxygen atoms in total. The van der Waals surface area contributed by atoms with Crippen LogP contribution in [0.15, 0.2) is 89.9 Å². The van der Waals surface area contributed by atoms with Crippen LogP contribution in [0, 0.1) is 0 Å². The van der Waals surface area contributed by atoms with Crippen LogP contribution >= 0.6 is 0 Å². The zero-order chi connectivity index (χ0) is 21.3. The Balaban J connectivity index is 1.75. The first-order valence-corrected chi connectivity index (χ1v) is 9.32. The van der Waals surface area contributed by atoms with Gasteiger partial charge in [-0.2, -0.15) is 0 Å². The molecule has 7 heteroatoms. The predicted molar refractivity (Wildman–Crippen MR) is 115 cm³/mol. The highest BCUT2D eigenvalue weighted by atomic mass is 16.5. The molecule has 0 unspecified atom stereocenters. The van der Waals surface area contributed by atoms with Gasteiger partial charge in [-0.3, -0.25) is 4.79 Å². The number of nitrogens with zero attached hydrogens (tertiary/aromatic N) is 1. The molecule has 1 amide bonds. The van der Waals surface area contributed by atoms with Crippen molar-refractivity contribution in [3.8, 4) is 5.75 Å². The average Bonchev–Trinajstić information content (AvgIpc) is 2.75. The van der Waals surface area contributed by atoms with E-state index in [0.717, 1.165) is 5.56 Å². The Kier molecular flexibility index (Phi) is 6.78. The van der Waals surface area contributed by atoms with E-state index in [9.17, 15) is 9.59 Å². The molecular formula is C23H22N4O3. The number of aliphatic imine (C=N–C) groups is 1. The lowest BCUT2D eigenvalue weighted by atomic mass is 10.1. The molecule has 152 valence electrons. The maximum Gasteiger partial charge on any atom is 0.334 e. The summed E-state index contributed by atoms with van der Waals surface area (Å²) in [6.07, 6.45) is 0.296. The third-order valence-electron chi connectivity index (χ3n) is 4.22. The summed E-state index contributed by atoms with van der Waals surface area (Å²) in [6.45, 7) is 0. The van der Waals surface area contributed by atoms with Gasteiger partial charge in [0.05, 0.1) is 5.69 Å². The SMILES string of the molecule is NC(N)=Nc1ccc(OC(=O)[C@@H](Cc2ccccc2)NC(=O)c2ccccc2)cc1. The third kappa shape index (κ3) is 5.93. The van der Waals surface area contributed by atoms with E-state index in [0.29, 0.717) is 23.4 Å². The molecular weight excluding hydrogens is 380 g/mol. The predicted octanol–water partition coefficient (Wildman–Crippen LogP) is 2.54. The zero-order valence-electron chi connectivity index (χ0n) is 16.2. The van der Waals surface area contributed by atoms with Gasteiger partial charge < -0.3 is 21.5 Å². The van der Waals surface area contributed by atoms with Crippen LogP contribution in [-0.2, 0) is 11.2 Å². The monoisotopic (exact) mass is 402 g/mol. The molecule has 0 aliphatic rings. The lowest BCUT2D eigenvalue weighted by Gasteiger charge is -2.18. The van der Waals surface area contributed by atoms with Crippen LogP contribution in [0.5, 0.6) is 5.75 Å². The Bertz CT molecular complexity index is 1020.